The van der Waals surface area contributed by atoms with Gasteiger partial charge in [0.25, 0.3) is 0 Å². The number of carboxylic acids is 1. The van der Waals surface area contributed by atoms with E-state index in [0.29, 0.717) is 0 Å². The molecular weight excluding hydrogens is 176 g/mol. The molecule has 12 heavy (non-hydrogen) atoms. The second-order valence-corrected chi connectivity index (χ2v) is 3.95. The number of hydrogen-bond donors (Lipinski definition) is 2. The fourth-order valence-corrected chi connectivity index (χ4v) is 2.65. The molecule has 0 unspecified atom stereocenters. The maximum atomic E-state index is 10.6. The number of thiophene rings is 1. The molecular formula is C8H8O3S. The van der Waals surface area contributed by atoms with E-state index in [9.17, 15) is 9.90 Å². The summed E-state index contributed by atoms with van der Waals surface area (Å²) < 4.78 is 0. The molecule has 0 amide bonds. The van der Waals surface area contributed by atoms with E-state index in [-0.39, 0.29) is 10.6 Å². The maximum absolute atomic E-state index is 10.6. The lowest BCUT2D eigenvalue weighted by Crippen LogP contribution is -1.92. The van der Waals surface area contributed by atoms with Crippen molar-refractivity contribution >= 4 is 17.3 Å². The van der Waals surface area contributed by atoms with Gasteiger partial charge in [-0.3, -0.25) is 0 Å². The molecule has 0 aliphatic heterocycles. The monoisotopic (exact) mass is 184 g/mol. The van der Waals surface area contributed by atoms with Crippen LogP contribution in [-0.4, -0.2) is 16.2 Å². The van der Waals surface area contributed by atoms with Gasteiger partial charge in [0.15, 0.2) is 4.88 Å². The molecule has 1 aromatic rings. The van der Waals surface area contributed by atoms with Crippen LogP contribution >= 0.6 is 11.3 Å². The van der Waals surface area contributed by atoms with E-state index in [1.165, 1.54) is 11.3 Å². The van der Waals surface area contributed by atoms with Crippen LogP contribution in [0.15, 0.2) is 0 Å². The summed E-state index contributed by atoms with van der Waals surface area (Å²) in [7, 11) is 0. The Morgan fingerprint density at radius 2 is 2.17 bits per heavy atom. The van der Waals surface area contributed by atoms with E-state index in [4.69, 9.17) is 5.11 Å². The van der Waals surface area contributed by atoms with Crippen LogP contribution in [0, 0.1) is 0 Å². The summed E-state index contributed by atoms with van der Waals surface area (Å²) in [4.78, 5) is 11.7. The third-order valence-electron chi connectivity index (χ3n) is 2.09. The second-order valence-electron chi connectivity index (χ2n) is 2.84. The van der Waals surface area contributed by atoms with Gasteiger partial charge in [-0.2, -0.15) is 0 Å². The number of aromatic carboxylic acids is 1. The smallest absolute Gasteiger partial charge is 0.349 e. The Morgan fingerprint density at radius 1 is 1.42 bits per heavy atom. The SMILES string of the molecule is O=C(O)c1sc2c(c1O)CCC2. The quantitative estimate of drug-likeness (QED) is 0.697. The molecule has 0 saturated heterocycles. The van der Waals surface area contributed by atoms with Crippen molar-refractivity contribution in [3.8, 4) is 5.75 Å². The van der Waals surface area contributed by atoms with Crippen LogP contribution in [0.5, 0.6) is 5.75 Å². The highest BCUT2D eigenvalue weighted by atomic mass is 32.1. The van der Waals surface area contributed by atoms with E-state index < -0.39 is 5.97 Å². The summed E-state index contributed by atoms with van der Waals surface area (Å²) in [5, 5.41) is 18.1. The number of aryl methyl sites for hydroxylation is 1. The van der Waals surface area contributed by atoms with Gasteiger partial charge in [0, 0.05) is 10.4 Å². The van der Waals surface area contributed by atoms with Crippen molar-refractivity contribution in [2.24, 2.45) is 0 Å². The average Bonchev–Trinajstić information content (AvgIpc) is 2.53. The highest BCUT2D eigenvalue weighted by Gasteiger charge is 2.24. The second kappa shape index (κ2) is 2.48. The van der Waals surface area contributed by atoms with Gasteiger partial charge in [-0.1, -0.05) is 0 Å². The highest BCUT2D eigenvalue weighted by Crippen LogP contribution is 2.39. The van der Waals surface area contributed by atoms with Gasteiger partial charge in [-0.05, 0) is 19.3 Å². The highest BCUT2D eigenvalue weighted by molar-refractivity contribution is 7.14. The van der Waals surface area contributed by atoms with Gasteiger partial charge in [0.05, 0.1) is 0 Å². The summed E-state index contributed by atoms with van der Waals surface area (Å²) in [5.41, 5.74) is 0.859. The summed E-state index contributed by atoms with van der Waals surface area (Å²) in [6.45, 7) is 0. The first-order valence-electron chi connectivity index (χ1n) is 3.77. The normalized spacial score (nSPS) is 14.7. The van der Waals surface area contributed by atoms with Crippen LogP contribution in [0.2, 0.25) is 0 Å². The fourth-order valence-electron chi connectivity index (χ4n) is 1.53. The lowest BCUT2D eigenvalue weighted by molar-refractivity contribution is 0.0699. The number of fused-ring (bicyclic) bond motifs is 1. The van der Waals surface area contributed by atoms with Crippen LogP contribution in [-0.2, 0) is 12.8 Å². The molecule has 0 bridgehead atoms. The van der Waals surface area contributed by atoms with Crippen molar-refractivity contribution in [1.82, 2.24) is 0 Å². The molecule has 1 heterocycles. The van der Waals surface area contributed by atoms with Gasteiger partial charge in [0.1, 0.15) is 5.75 Å². The van der Waals surface area contributed by atoms with Gasteiger partial charge in [-0.25, -0.2) is 4.79 Å². The van der Waals surface area contributed by atoms with Crippen LogP contribution < -0.4 is 0 Å². The molecule has 2 N–H and O–H groups in total. The summed E-state index contributed by atoms with van der Waals surface area (Å²) in [5.74, 6) is -1.02. The van der Waals surface area contributed by atoms with E-state index >= 15 is 0 Å². The van der Waals surface area contributed by atoms with Crippen molar-refractivity contribution in [2.45, 2.75) is 19.3 Å². The van der Waals surface area contributed by atoms with Gasteiger partial charge < -0.3 is 10.2 Å². The van der Waals surface area contributed by atoms with E-state index in [1.807, 2.05) is 0 Å². The Morgan fingerprint density at radius 3 is 2.75 bits per heavy atom. The average molecular weight is 184 g/mol. The first kappa shape index (κ1) is 7.61. The summed E-state index contributed by atoms with van der Waals surface area (Å²) in [6.07, 6.45) is 2.78. The standard InChI is InChI=1S/C8H8O3S/c9-6-4-2-1-3-5(4)12-7(6)8(10)11/h9H,1-3H2,(H,10,11). The van der Waals surface area contributed by atoms with Gasteiger partial charge in [0.2, 0.25) is 0 Å². The molecule has 0 spiro atoms. The minimum absolute atomic E-state index is 0.000000000000000444. The predicted octanol–water partition coefficient (Wildman–Crippen LogP) is 1.64. The molecule has 64 valence electrons. The molecule has 3 nitrogen and oxygen atoms in total. The Bertz CT molecular complexity index is 340. The third kappa shape index (κ3) is 0.914. The largest absolute Gasteiger partial charge is 0.506 e. The number of carbonyl (C=O) groups is 1. The van der Waals surface area contributed by atoms with Gasteiger partial charge in [-0.15, -0.1) is 11.3 Å². The lowest BCUT2D eigenvalue weighted by Gasteiger charge is -1.92. The molecule has 1 aromatic heterocycles. The number of rotatable bonds is 1. The number of hydrogen-bond acceptors (Lipinski definition) is 3. The van der Waals surface area contributed by atoms with Crippen molar-refractivity contribution in [1.29, 1.82) is 0 Å². The number of aromatic hydroxyl groups is 1. The van der Waals surface area contributed by atoms with Crippen LogP contribution in [0.25, 0.3) is 0 Å². The lowest BCUT2D eigenvalue weighted by atomic mass is 10.2. The molecule has 0 radical (unpaired) electrons. The fraction of sp³-hybridized carbons (Fsp3) is 0.375. The van der Waals surface area contributed by atoms with Crippen molar-refractivity contribution in [2.75, 3.05) is 0 Å². The zero-order valence-electron chi connectivity index (χ0n) is 6.33. The minimum atomic E-state index is -1.02. The molecule has 4 heteroatoms. The van der Waals surface area contributed by atoms with Crippen LogP contribution in [0.1, 0.15) is 26.5 Å². The Kier molecular flexibility index (Phi) is 1.58. The van der Waals surface area contributed by atoms with Crippen molar-refractivity contribution in [3.63, 3.8) is 0 Å². The molecule has 2 rings (SSSR count). The molecule has 0 fully saturated rings. The van der Waals surface area contributed by atoms with Crippen molar-refractivity contribution < 1.29 is 15.0 Å². The van der Waals surface area contributed by atoms with Crippen LogP contribution in [0.4, 0.5) is 0 Å². The molecule has 0 atom stereocenters. The number of carboxylic acid groups (broad SMARTS) is 1. The topological polar surface area (TPSA) is 57.5 Å². The molecule has 1 aliphatic carbocycles. The van der Waals surface area contributed by atoms with Crippen molar-refractivity contribution in [3.05, 3.63) is 15.3 Å². The van der Waals surface area contributed by atoms with E-state index in [1.54, 1.807) is 0 Å². The summed E-state index contributed by atoms with van der Waals surface area (Å²) >= 11 is 1.21. The first-order valence-corrected chi connectivity index (χ1v) is 4.58. The predicted molar refractivity (Wildman–Crippen MR) is 45.0 cm³/mol. The van der Waals surface area contributed by atoms with Crippen LogP contribution in [0.3, 0.4) is 0 Å². The summed E-state index contributed by atoms with van der Waals surface area (Å²) in [6, 6.07) is 0. The molecule has 0 aromatic carbocycles. The third-order valence-corrected chi connectivity index (χ3v) is 3.36. The molecule has 1 aliphatic rings. The molecule has 0 saturated carbocycles. The first-order chi connectivity index (χ1) is 5.70. The Labute approximate surface area is 73.3 Å². The van der Waals surface area contributed by atoms with Gasteiger partial charge >= 0.3 is 5.97 Å². The maximum Gasteiger partial charge on any atom is 0.349 e. The Hall–Kier alpha value is -1.03. The zero-order valence-corrected chi connectivity index (χ0v) is 7.15. The van der Waals surface area contributed by atoms with E-state index in [0.717, 1.165) is 29.7 Å². The minimum Gasteiger partial charge on any atom is -0.506 e. The zero-order chi connectivity index (χ0) is 8.72. The van der Waals surface area contributed by atoms with E-state index in [2.05, 4.69) is 0 Å². The Balaban J connectivity index is 2.54.